The second-order valence-electron chi connectivity index (χ2n) is 5.05. The molecule has 2 aromatic rings. The molecule has 2 atom stereocenters. The van der Waals surface area contributed by atoms with E-state index in [0.717, 1.165) is 24.6 Å². The fraction of sp³-hybridized carbons (Fsp3) is 0.333. The molecule has 2 aliphatic rings. The van der Waals surface area contributed by atoms with Crippen LogP contribution in [0, 0.1) is 0 Å². The van der Waals surface area contributed by atoms with Crippen LogP contribution in [0.5, 0.6) is 11.5 Å². The average Bonchev–Trinajstić information content (AvgIpc) is 2.95. The van der Waals surface area contributed by atoms with Gasteiger partial charge in [-0.05, 0) is 23.3 Å². The number of ether oxygens (including phenoxy) is 1. The quantitative estimate of drug-likeness (QED) is 0.769. The third-order valence-corrected chi connectivity index (χ3v) is 4.07. The van der Waals surface area contributed by atoms with E-state index in [2.05, 4.69) is 41.7 Å². The summed E-state index contributed by atoms with van der Waals surface area (Å²) >= 11 is 0. The Kier molecular flexibility index (Phi) is 3.75. The van der Waals surface area contributed by atoms with E-state index in [-0.39, 0.29) is 0 Å². The summed E-state index contributed by atoms with van der Waals surface area (Å²) in [6, 6.07) is 16.9. The Morgan fingerprint density at radius 2 is 1.25 bits per heavy atom. The van der Waals surface area contributed by atoms with Crippen molar-refractivity contribution in [2.45, 2.75) is 25.7 Å². The van der Waals surface area contributed by atoms with Crippen LogP contribution in [0.4, 0.5) is 0 Å². The zero-order valence-electron chi connectivity index (χ0n) is 12.1. The molecule has 1 N–H and O–H groups in total. The summed E-state index contributed by atoms with van der Waals surface area (Å²) in [7, 11) is 0. The standard InChI is InChI=1S/C16H15NO.C2H6/c1-3-7-15-11(5-1)13-9-17-10-14(13)12-6-2-4-8-16(12)18-15;1-2/h1-8,13-14,17H,9-10H2;1-2H3. The molecule has 1 saturated heterocycles. The van der Waals surface area contributed by atoms with Crippen molar-refractivity contribution in [3.8, 4) is 11.5 Å². The van der Waals surface area contributed by atoms with Gasteiger partial charge in [-0.3, -0.25) is 0 Å². The first-order valence-corrected chi connectivity index (χ1v) is 7.50. The van der Waals surface area contributed by atoms with E-state index in [1.54, 1.807) is 0 Å². The van der Waals surface area contributed by atoms with Crippen molar-refractivity contribution in [1.29, 1.82) is 0 Å². The van der Waals surface area contributed by atoms with Gasteiger partial charge in [-0.1, -0.05) is 50.2 Å². The minimum absolute atomic E-state index is 0.532. The first-order valence-electron chi connectivity index (χ1n) is 7.50. The summed E-state index contributed by atoms with van der Waals surface area (Å²) in [5.41, 5.74) is 2.67. The van der Waals surface area contributed by atoms with Crippen LogP contribution in [0.1, 0.15) is 36.8 Å². The third kappa shape index (κ3) is 2.10. The molecule has 0 spiro atoms. The van der Waals surface area contributed by atoms with Gasteiger partial charge < -0.3 is 10.1 Å². The highest BCUT2D eigenvalue weighted by atomic mass is 16.5. The summed E-state index contributed by atoms with van der Waals surface area (Å²) in [4.78, 5) is 0. The second kappa shape index (κ2) is 5.68. The monoisotopic (exact) mass is 267 g/mol. The van der Waals surface area contributed by atoms with Gasteiger partial charge in [0.2, 0.25) is 0 Å². The molecule has 2 aromatic carbocycles. The Morgan fingerprint density at radius 1 is 0.800 bits per heavy atom. The maximum Gasteiger partial charge on any atom is 0.130 e. The number of hydrogen-bond acceptors (Lipinski definition) is 2. The third-order valence-electron chi connectivity index (χ3n) is 4.07. The predicted molar refractivity (Wildman–Crippen MR) is 82.7 cm³/mol. The lowest BCUT2D eigenvalue weighted by Gasteiger charge is -2.16. The molecule has 20 heavy (non-hydrogen) atoms. The van der Waals surface area contributed by atoms with E-state index < -0.39 is 0 Å². The number of benzene rings is 2. The van der Waals surface area contributed by atoms with Crippen molar-refractivity contribution in [2.24, 2.45) is 0 Å². The van der Waals surface area contributed by atoms with Crippen LogP contribution in [0.15, 0.2) is 48.5 Å². The topological polar surface area (TPSA) is 21.3 Å². The number of hydrogen-bond donors (Lipinski definition) is 1. The molecule has 0 aromatic heterocycles. The number of nitrogens with one attached hydrogen (secondary N) is 1. The first kappa shape index (κ1) is 13.2. The van der Waals surface area contributed by atoms with Crippen molar-refractivity contribution in [3.63, 3.8) is 0 Å². The van der Waals surface area contributed by atoms with Crippen LogP contribution >= 0.6 is 0 Å². The zero-order valence-corrected chi connectivity index (χ0v) is 12.1. The average molecular weight is 267 g/mol. The molecule has 2 heteroatoms. The molecule has 4 rings (SSSR count). The van der Waals surface area contributed by atoms with E-state index in [4.69, 9.17) is 4.74 Å². The SMILES string of the molecule is CC.c1ccc2c(c1)Oc1ccccc1C1CNCC21. The lowest BCUT2D eigenvalue weighted by Crippen LogP contribution is -2.08. The number of para-hydroxylation sites is 2. The van der Waals surface area contributed by atoms with Gasteiger partial charge in [0.05, 0.1) is 0 Å². The summed E-state index contributed by atoms with van der Waals surface area (Å²) in [6.07, 6.45) is 0. The minimum atomic E-state index is 0.532. The molecule has 0 radical (unpaired) electrons. The molecular formula is C18H21NO. The van der Waals surface area contributed by atoms with Gasteiger partial charge in [0.25, 0.3) is 0 Å². The molecule has 2 nitrogen and oxygen atoms in total. The van der Waals surface area contributed by atoms with Gasteiger partial charge in [0.1, 0.15) is 11.5 Å². The van der Waals surface area contributed by atoms with Crippen LogP contribution in [0.2, 0.25) is 0 Å². The maximum absolute atomic E-state index is 6.11. The zero-order chi connectivity index (χ0) is 13.9. The summed E-state index contributed by atoms with van der Waals surface area (Å²) in [5.74, 6) is 3.09. The van der Waals surface area contributed by atoms with Gasteiger partial charge in [-0.25, -0.2) is 0 Å². The van der Waals surface area contributed by atoms with Gasteiger partial charge in [0, 0.05) is 24.9 Å². The molecule has 0 amide bonds. The van der Waals surface area contributed by atoms with E-state index in [9.17, 15) is 0 Å². The lowest BCUT2D eigenvalue weighted by molar-refractivity contribution is 0.476. The molecule has 2 unspecified atom stereocenters. The molecule has 0 bridgehead atoms. The summed E-state index contributed by atoms with van der Waals surface area (Å²) in [6.45, 7) is 6.08. The first-order chi connectivity index (χ1) is 9.93. The van der Waals surface area contributed by atoms with Crippen molar-refractivity contribution < 1.29 is 4.74 Å². The fourth-order valence-electron chi connectivity index (χ4n) is 3.21. The van der Waals surface area contributed by atoms with Crippen molar-refractivity contribution in [3.05, 3.63) is 59.7 Å². The van der Waals surface area contributed by atoms with E-state index in [1.807, 2.05) is 26.0 Å². The Bertz CT molecular complexity index is 542. The van der Waals surface area contributed by atoms with Crippen LogP contribution in [0.25, 0.3) is 0 Å². The fourth-order valence-corrected chi connectivity index (χ4v) is 3.21. The van der Waals surface area contributed by atoms with Gasteiger partial charge >= 0.3 is 0 Å². The lowest BCUT2D eigenvalue weighted by atomic mass is 9.84. The van der Waals surface area contributed by atoms with E-state index >= 15 is 0 Å². The molecule has 0 saturated carbocycles. The van der Waals surface area contributed by atoms with E-state index in [0.29, 0.717) is 11.8 Å². The normalized spacial score (nSPS) is 22.3. The molecule has 1 fully saturated rings. The molecule has 2 heterocycles. The van der Waals surface area contributed by atoms with Crippen LogP contribution in [0.3, 0.4) is 0 Å². The van der Waals surface area contributed by atoms with Crippen molar-refractivity contribution >= 4 is 0 Å². The molecule has 2 aliphatic heterocycles. The van der Waals surface area contributed by atoms with Crippen LogP contribution < -0.4 is 10.1 Å². The van der Waals surface area contributed by atoms with Crippen molar-refractivity contribution in [1.82, 2.24) is 5.32 Å². The van der Waals surface area contributed by atoms with Crippen molar-refractivity contribution in [2.75, 3.05) is 13.1 Å². The summed E-state index contributed by atoms with van der Waals surface area (Å²) < 4.78 is 6.11. The minimum Gasteiger partial charge on any atom is -0.457 e. The molecular weight excluding hydrogens is 246 g/mol. The molecule has 104 valence electrons. The highest BCUT2D eigenvalue weighted by Gasteiger charge is 2.35. The number of rotatable bonds is 0. The Hall–Kier alpha value is -1.80. The van der Waals surface area contributed by atoms with Crippen LogP contribution in [-0.2, 0) is 0 Å². The Balaban J connectivity index is 0.000000581. The van der Waals surface area contributed by atoms with Gasteiger partial charge in [-0.2, -0.15) is 0 Å². The summed E-state index contributed by atoms with van der Waals surface area (Å²) in [5, 5.41) is 3.52. The smallest absolute Gasteiger partial charge is 0.130 e. The largest absolute Gasteiger partial charge is 0.457 e. The molecule has 0 aliphatic carbocycles. The van der Waals surface area contributed by atoms with Crippen LogP contribution in [-0.4, -0.2) is 13.1 Å². The Labute approximate surface area is 120 Å². The highest BCUT2D eigenvalue weighted by Crippen LogP contribution is 2.47. The highest BCUT2D eigenvalue weighted by molar-refractivity contribution is 5.50. The number of fused-ring (bicyclic) bond motifs is 5. The predicted octanol–water partition coefficient (Wildman–Crippen LogP) is 4.29. The van der Waals surface area contributed by atoms with Gasteiger partial charge in [-0.15, -0.1) is 0 Å². The second-order valence-corrected chi connectivity index (χ2v) is 5.05. The Morgan fingerprint density at radius 3 is 1.75 bits per heavy atom. The maximum atomic E-state index is 6.11. The van der Waals surface area contributed by atoms with Gasteiger partial charge in [0.15, 0.2) is 0 Å². The van der Waals surface area contributed by atoms with E-state index in [1.165, 1.54) is 11.1 Å².